The van der Waals surface area contributed by atoms with Gasteiger partial charge in [0, 0.05) is 42.6 Å². The predicted molar refractivity (Wildman–Crippen MR) is 127 cm³/mol. The standard InChI is InChI=1S/C26H26FN5O2/c1-16(25-13-26(27,14-25)15-25)28-12-19-9-18-6-5-17(8-20(18)30-19)11-29-24(34)21-10-23(33)32-7-3-2-4-22(32)31-21/h2-10,16,28,30H,11-15H2,1H3,(H,29,34). The van der Waals surface area contributed by atoms with Crippen molar-refractivity contribution in [2.24, 2.45) is 5.41 Å². The summed E-state index contributed by atoms with van der Waals surface area (Å²) < 4.78 is 15.2. The highest BCUT2D eigenvalue weighted by atomic mass is 19.1. The minimum atomic E-state index is -0.872. The van der Waals surface area contributed by atoms with E-state index in [0.29, 0.717) is 44.0 Å². The van der Waals surface area contributed by atoms with Crippen LogP contribution in [-0.2, 0) is 13.1 Å². The zero-order valence-corrected chi connectivity index (χ0v) is 18.9. The van der Waals surface area contributed by atoms with Crippen LogP contribution in [0.5, 0.6) is 0 Å². The number of carbonyl (C=O) groups excluding carboxylic acids is 1. The maximum absolute atomic E-state index is 13.8. The summed E-state index contributed by atoms with van der Waals surface area (Å²) in [6.07, 6.45) is 3.70. The smallest absolute Gasteiger partial charge is 0.270 e. The number of pyridine rings is 1. The molecule has 3 heterocycles. The molecule has 1 amide bonds. The number of nitrogens with zero attached hydrogens (tertiary/aromatic N) is 2. The molecule has 174 valence electrons. The van der Waals surface area contributed by atoms with Gasteiger partial charge in [0.05, 0.1) is 0 Å². The third-order valence-electron chi connectivity index (χ3n) is 7.52. The number of rotatable bonds is 7. The summed E-state index contributed by atoms with van der Waals surface area (Å²) >= 11 is 0. The van der Waals surface area contributed by atoms with Crippen molar-refractivity contribution in [2.45, 2.75) is 51.0 Å². The van der Waals surface area contributed by atoms with Gasteiger partial charge in [-0.05, 0) is 66.8 Å². The number of aromatic nitrogens is 3. The first kappa shape index (κ1) is 21.0. The Morgan fingerprint density at radius 2 is 2.00 bits per heavy atom. The summed E-state index contributed by atoms with van der Waals surface area (Å²) in [6, 6.07) is 14.9. The molecule has 3 aromatic heterocycles. The van der Waals surface area contributed by atoms with Crippen LogP contribution in [0.25, 0.3) is 16.6 Å². The van der Waals surface area contributed by atoms with Gasteiger partial charge >= 0.3 is 0 Å². The Hall–Kier alpha value is -3.52. The van der Waals surface area contributed by atoms with E-state index in [2.05, 4.69) is 33.6 Å². The molecule has 7 rings (SSSR count). The molecule has 3 N–H and O–H groups in total. The van der Waals surface area contributed by atoms with Gasteiger partial charge in [0.25, 0.3) is 11.5 Å². The van der Waals surface area contributed by atoms with Crippen LogP contribution in [0.1, 0.15) is 47.9 Å². The van der Waals surface area contributed by atoms with Crippen LogP contribution in [-0.4, -0.2) is 32.0 Å². The van der Waals surface area contributed by atoms with Crippen molar-refractivity contribution < 1.29 is 9.18 Å². The van der Waals surface area contributed by atoms with Gasteiger partial charge in [-0.25, -0.2) is 9.37 Å². The van der Waals surface area contributed by atoms with Gasteiger partial charge in [0.2, 0.25) is 0 Å². The zero-order chi connectivity index (χ0) is 23.5. The average Bonchev–Trinajstić information content (AvgIpc) is 3.20. The zero-order valence-electron chi connectivity index (χ0n) is 18.9. The molecule has 0 spiro atoms. The monoisotopic (exact) mass is 459 g/mol. The van der Waals surface area contributed by atoms with Crippen molar-refractivity contribution in [1.82, 2.24) is 25.0 Å². The number of fused-ring (bicyclic) bond motifs is 2. The van der Waals surface area contributed by atoms with Gasteiger partial charge in [0.15, 0.2) is 0 Å². The Labute approximate surface area is 195 Å². The molecule has 3 fully saturated rings. The Kier molecular flexibility index (Phi) is 4.64. The first-order valence-corrected chi connectivity index (χ1v) is 11.6. The average molecular weight is 460 g/mol. The second-order valence-electron chi connectivity index (χ2n) is 9.95. The van der Waals surface area contributed by atoms with Crippen LogP contribution < -0.4 is 16.2 Å². The van der Waals surface area contributed by atoms with Gasteiger partial charge < -0.3 is 15.6 Å². The number of amides is 1. The second-order valence-corrected chi connectivity index (χ2v) is 9.95. The topological polar surface area (TPSA) is 91.3 Å². The molecule has 4 aromatic rings. The van der Waals surface area contributed by atoms with Crippen LogP contribution >= 0.6 is 0 Å². The number of carbonyl (C=O) groups is 1. The number of H-pyrrole nitrogens is 1. The molecule has 0 saturated heterocycles. The largest absolute Gasteiger partial charge is 0.357 e. The fourth-order valence-electron chi connectivity index (χ4n) is 5.56. The Bertz CT molecular complexity index is 1470. The Balaban J connectivity index is 1.10. The molecule has 3 saturated carbocycles. The van der Waals surface area contributed by atoms with Crippen molar-refractivity contribution >= 4 is 22.5 Å². The Morgan fingerprint density at radius 1 is 1.18 bits per heavy atom. The molecule has 0 aliphatic heterocycles. The predicted octanol–water partition coefficient (Wildman–Crippen LogP) is 3.48. The van der Waals surface area contributed by atoms with Gasteiger partial charge in [-0.1, -0.05) is 18.2 Å². The molecule has 1 aromatic carbocycles. The number of hydrogen-bond donors (Lipinski definition) is 3. The minimum Gasteiger partial charge on any atom is -0.357 e. The lowest BCUT2D eigenvalue weighted by Gasteiger charge is -2.68. The third-order valence-corrected chi connectivity index (χ3v) is 7.52. The van der Waals surface area contributed by atoms with Crippen LogP contribution in [0.3, 0.4) is 0 Å². The second kappa shape index (κ2) is 7.50. The van der Waals surface area contributed by atoms with E-state index in [1.165, 1.54) is 10.5 Å². The van der Waals surface area contributed by atoms with E-state index in [1.807, 2.05) is 18.2 Å². The Morgan fingerprint density at radius 3 is 2.79 bits per heavy atom. The number of benzene rings is 1. The van der Waals surface area contributed by atoms with Crippen molar-refractivity contribution in [3.05, 3.63) is 82.0 Å². The fraction of sp³-hybridized carbons (Fsp3) is 0.346. The molecule has 3 aliphatic rings. The molecule has 7 nitrogen and oxygen atoms in total. The van der Waals surface area contributed by atoms with Crippen molar-refractivity contribution in [2.75, 3.05) is 0 Å². The van der Waals surface area contributed by atoms with E-state index in [-0.39, 0.29) is 16.7 Å². The molecular formula is C26H26FN5O2. The maximum Gasteiger partial charge on any atom is 0.270 e. The minimum absolute atomic E-state index is 0.0991. The summed E-state index contributed by atoms with van der Waals surface area (Å²) in [5.74, 6) is -0.391. The van der Waals surface area contributed by atoms with E-state index in [1.54, 1.807) is 24.4 Å². The lowest BCUT2D eigenvalue weighted by Crippen LogP contribution is -2.70. The molecule has 1 unspecified atom stereocenters. The normalized spacial score (nSPS) is 23.9. The van der Waals surface area contributed by atoms with Gasteiger partial charge in [0.1, 0.15) is 17.0 Å². The lowest BCUT2D eigenvalue weighted by molar-refractivity contribution is -0.226. The van der Waals surface area contributed by atoms with Gasteiger partial charge in [-0.3, -0.25) is 14.0 Å². The summed E-state index contributed by atoms with van der Waals surface area (Å²) in [5.41, 5.74) is 2.52. The van der Waals surface area contributed by atoms with Crippen LogP contribution in [0.2, 0.25) is 0 Å². The highest BCUT2D eigenvalue weighted by Gasteiger charge is 2.70. The third kappa shape index (κ3) is 3.49. The lowest BCUT2D eigenvalue weighted by atomic mass is 9.40. The first-order valence-electron chi connectivity index (χ1n) is 11.6. The molecular weight excluding hydrogens is 433 g/mol. The molecule has 3 aliphatic carbocycles. The summed E-state index contributed by atoms with van der Waals surface area (Å²) in [7, 11) is 0. The highest BCUT2D eigenvalue weighted by molar-refractivity contribution is 5.92. The SMILES string of the molecule is CC(NCc1cc2ccc(CNC(=O)c3cc(=O)n4ccccc4n3)cc2[nH]1)C12CC(F)(C1)C2. The van der Waals surface area contributed by atoms with Gasteiger partial charge in [-0.2, -0.15) is 0 Å². The first-order chi connectivity index (χ1) is 16.3. The van der Waals surface area contributed by atoms with E-state index < -0.39 is 11.6 Å². The summed E-state index contributed by atoms with van der Waals surface area (Å²) in [6.45, 7) is 3.18. The van der Waals surface area contributed by atoms with Crippen molar-refractivity contribution in [3.8, 4) is 0 Å². The maximum atomic E-state index is 13.8. The van der Waals surface area contributed by atoms with E-state index >= 15 is 0 Å². The quantitative estimate of drug-likeness (QED) is 0.395. The number of nitrogens with one attached hydrogen (secondary N) is 3. The van der Waals surface area contributed by atoms with Crippen molar-refractivity contribution in [3.63, 3.8) is 0 Å². The fourth-order valence-corrected chi connectivity index (χ4v) is 5.56. The van der Waals surface area contributed by atoms with Crippen molar-refractivity contribution in [1.29, 1.82) is 0 Å². The van der Waals surface area contributed by atoms with E-state index in [0.717, 1.165) is 22.2 Å². The highest BCUT2D eigenvalue weighted by Crippen LogP contribution is 2.70. The molecule has 0 radical (unpaired) electrons. The van der Waals surface area contributed by atoms with E-state index in [9.17, 15) is 14.0 Å². The van der Waals surface area contributed by atoms with Crippen LogP contribution in [0, 0.1) is 5.41 Å². The van der Waals surface area contributed by atoms with Crippen LogP contribution in [0.15, 0.2) is 59.5 Å². The number of halogens is 1. The number of hydrogen-bond acceptors (Lipinski definition) is 4. The van der Waals surface area contributed by atoms with Crippen LogP contribution in [0.4, 0.5) is 4.39 Å². The number of aromatic amines is 1. The van der Waals surface area contributed by atoms with E-state index in [4.69, 9.17) is 0 Å². The molecule has 1 atom stereocenters. The summed E-state index contributed by atoms with van der Waals surface area (Å²) in [4.78, 5) is 32.6. The summed E-state index contributed by atoms with van der Waals surface area (Å²) in [5, 5.41) is 7.50. The molecule has 8 heteroatoms. The number of alkyl halides is 1. The van der Waals surface area contributed by atoms with Gasteiger partial charge in [-0.15, -0.1) is 0 Å². The molecule has 34 heavy (non-hydrogen) atoms. The molecule has 2 bridgehead atoms.